The molecule has 0 heterocycles. The number of benzene rings is 1. The van der Waals surface area contributed by atoms with Gasteiger partial charge < -0.3 is 9.90 Å². The van der Waals surface area contributed by atoms with Gasteiger partial charge in [0, 0.05) is 6.26 Å². The van der Waals surface area contributed by atoms with E-state index < -0.39 is 15.8 Å². The summed E-state index contributed by atoms with van der Waals surface area (Å²) in [5, 5.41) is 10.1. The highest BCUT2D eigenvalue weighted by molar-refractivity contribution is 7.90. The predicted octanol–water partition coefficient (Wildman–Crippen LogP) is -0.147. The molecule has 0 bridgehead atoms. The Morgan fingerprint density at radius 2 is 1.80 bits per heavy atom. The molecule has 0 radical (unpaired) electrons. The first-order valence-corrected chi connectivity index (χ1v) is 5.98. The van der Waals surface area contributed by atoms with Crippen LogP contribution in [-0.2, 0) is 14.6 Å². The highest BCUT2D eigenvalue weighted by Crippen LogP contribution is 2.11. The lowest BCUT2D eigenvalue weighted by molar-refractivity contribution is -0.297. The van der Waals surface area contributed by atoms with Crippen molar-refractivity contribution in [1.82, 2.24) is 0 Å². The van der Waals surface area contributed by atoms with Crippen molar-refractivity contribution in [3.8, 4) is 0 Å². The van der Waals surface area contributed by atoms with Crippen LogP contribution in [0.25, 0.3) is 6.08 Å². The molecule has 0 atom stereocenters. The molecule has 15 heavy (non-hydrogen) atoms. The van der Waals surface area contributed by atoms with Crippen molar-refractivity contribution in [2.45, 2.75) is 4.90 Å². The third kappa shape index (κ3) is 3.55. The fourth-order valence-electron chi connectivity index (χ4n) is 0.990. The monoisotopic (exact) mass is 225 g/mol. The van der Waals surface area contributed by atoms with E-state index in [9.17, 15) is 18.3 Å². The first kappa shape index (κ1) is 11.5. The summed E-state index contributed by atoms with van der Waals surface area (Å²) in [7, 11) is -3.20. The van der Waals surface area contributed by atoms with Gasteiger partial charge in [-0.2, -0.15) is 0 Å². The SMILES string of the molecule is CS(=O)(=O)c1ccc(/C=C/C(=O)[O-])cc1. The zero-order chi connectivity index (χ0) is 11.5. The summed E-state index contributed by atoms with van der Waals surface area (Å²) < 4.78 is 22.2. The topological polar surface area (TPSA) is 74.3 Å². The maximum Gasteiger partial charge on any atom is 0.175 e. The lowest BCUT2D eigenvalue weighted by Crippen LogP contribution is -2.18. The fourth-order valence-corrected chi connectivity index (χ4v) is 1.62. The van der Waals surface area contributed by atoms with Crippen LogP contribution in [0, 0.1) is 0 Å². The quantitative estimate of drug-likeness (QED) is 0.671. The Morgan fingerprint density at radius 1 is 1.27 bits per heavy atom. The molecule has 0 saturated heterocycles. The van der Waals surface area contributed by atoms with E-state index in [1.54, 1.807) is 0 Å². The van der Waals surface area contributed by atoms with Crippen LogP contribution in [0.3, 0.4) is 0 Å². The van der Waals surface area contributed by atoms with E-state index in [0.29, 0.717) is 5.56 Å². The molecule has 0 N–H and O–H groups in total. The first-order valence-electron chi connectivity index (χ1n) is 4.09. The van der Waals surface area contributed by atoms with Crippen molar-refractivity contribution in [1.29, 1.82) is 0 Å². The Balaban J connectivity index is 2.96. The molecule has 0 spiro atoms. The highest BCUT2D eigenvalue weighted by atomic mass is 32.2. The summed E-state index contributed by atoms with van der Waals surface area (Å²) in [5.74, 6) is -1.29. The van der Waals surface area contributed by atoms with Crippen LogP contribution in [0.4, 0.5) is 0 Å². The lowest BCUT2D eigenvalue weighted by Gasteiger charge is -1.98. The standard InChI is InChI=1S/C10H10O4S/c1-15(13,14)9-5-2-8(3-6-9)4-7-10(11)12/h2-7H,1H3,(H,11,12)/p-1/b7-4+. The van der Waals surface area contributed by atoms with E-state index in [2.05, 4.69) is 0 Å². The number of carbonyl (C=O) groups is 1. The van der Waals surface area contributed by atoms with E-state index in [-0.39, 0.29) is 4.90 Å². The molecule has 0 saturated carbocycles. The number of hydrogen-bond donors (Lipinski definition) is 0. The van der Waals surface area contributed by atoms with Crippen molar-refractivity contribution in [2.24, 2.45) is 0 Å². The van der Waals surface area contributed by atoms with Crippen LogP contribution in [0.5, 0.6) is 0 Å². The Kier molecular flexibility index (Phi) is 3.26. The summed E-state index contributed by atoms with van der Waals surface area (Å²) in [6, 6.07) is 5.89. The van der Waals surface area contributed by atoms with Gasteiger partial charge in [0.2, 0.25) is 0 Å². The second-order valence-electron chi connectivity index (χ2n) is 2.99. The molecule has 0 unspecified atom stereocenters. The van der Waals surface area contributed by atoms with E-state index in [1.807, 2.05) is 0 Å². The smallest absolute Gasteiger partial charge is 0.175 e. The largest absolute Gasteiger partial charge is 0.545 e. The van der Waals surface area contributed by atoms with Crippen LogP contribution in [0.15, 0.2) is 35.2 Å². The third-order valence-corrected chi connectivity index (χ3v) is 2.85. The molecule has 1 aromatic carbocycles. The van der Waals surface area contributed by atoms with Crippen molar-refractivity contribution >= 4 is 21.9 Å². The Bertz CT molecular complexity index is 483. The van der Waals surface area contributed by atoms with Crippen LogP contribution >= 0.6 is 0 Å². The third-order valence-electron chi connectivity index (χ3n) is 1.72. The second kappa shape index (κ2) is 4.27. The van der Waals surface area contributed by atoms with Crippen LogP contribution in [0.2, 0.25) is 0 Å². The minimum atomic E-state index is -3.20. The fraction of sp³-hybridized carbons (Fsp3) is 0.100. The molecule has 80 valence electrons. The van der Waals surface area contributed by atoms with Gasteiger partial charge in [0.05, 0.1) is 10.9 Å². The van der Waals surface area contributed by atoms with Gasteiger partial charge in [-0.05, 0) is 23.8 Å². The Hall–Kier alpha value is -1.62. The minimum Gasteiger partial charge on any atom is -0.545 e. The van der Waals surface area contributed by atoms with Crippen molar-refractivity contribution < 1.29 is 18.3 Å². The first-order chi connectivity index (χ1) is 6.89. The van der Waals surface area contributed by atoms with Gasteiger partial charge in [-0.3, -0.25) is 0 Å². The minimum absolute atomic E-state index is 0.202. The Labute approximate surface area is 87.8 Å². The highest BCUT2D eigenvalue weighted by Gasteiger charge is 2.04. The summed E-state index contributed by atoms with van der Waals surface area (Å²) in [6.45, 7) is 0. The zero-order valence-corrected chi connectivity index (χ0v) is 8.82. The number of aliphatic carboxylic acids is 1. The van der Waals surface area contributed by atoms with E-state index in [4.69, 9.17) is 0 Å². The molecule has 0 aliphatic rings. The maximum absolute atomic E-state index is 11.1. The molecule has 0 fully saturated rings. The number of carbonyl (C=O) groups excluding carboxylic acids is 1. The molecule has 1 aromatic rings. The maximum atomic E-state index is 11.1. The molecular weight excluding hydrogens is 216 g/mol. The summed E-state index contributed by atoms with van der Waals surface area (Å²) in [4.78, 5) is 10.3. The molecule has 0 aromatic heterocycles. The lowest BCUT2D eigenvalue weighted by atomic mass is 10.2. The summed E-state index contributed by atoms with van der Waals surface area (Å²) in [6.07, 6.45) is 3.33. The molecule has 0 aliphatic carbocycles. The summed E-state index contributed by atoms with van der Waals surface area (Å²) in [5.41, 5.74) is 0.603. The van der Waals surface area contributed by atoms with Crippen LogP contribution in [0.1, 0.15) is 5.56 Å². The molecule has 0 aliphatic heterocycles. The van der Waals surface area contributed by atoms with Gasteiger partial charge in [-0.1, -0.05) is 18.2 Å². The van der Waals surface area contributed by atoms with Gasteiger partial charge in [-0.15, -0.1) is 0 Å². The van der Waals surface area contributed by atoms with E-state index >= 15 is 0 Å². The Morgan fingerprint density at radius 3 is 2.20 bits per heavy atom. The van der Waals surface area contributed by atoms with Gasteiger partial charge in [0.25, 0.3) is 0 Å². The predicted molar refractivity (Wildman–Crippen MR) is 53.6 cm³/mol. The van der Waals surface area contributed by atoms with Crippen LogP contribution < -0.4 is 5.11 Å². The molecule has 4 nitrogen and oxygen atoms in total. The second-order valence-corrected chi connectivity index (χ2v) is 5.01. The average molecular weight is 225 g/mol. The van der Waals surface area contributed by atoms with Crippen LogP contribution in [-0.4, -0.2) is 20.6 Å². The van der Waals surface area contributed by atoms with Crippen molar-refractivity contribution in [3.05, 3.63) is 35.9 Å². The van der Waals surface area contributed by atoms with Gasteiger partial charge >= 0.3 is 0 Å². The normalized spacial score (nSPS) is 11.8. The number of carboxylic acid groups (broad SMARTS) is 1. The van der Waals surface area contributed by atoms with Crippen molar-refractivity contribution in [3.63, 3.8) is 0 Å². The van der Waals surface area contributed by atoms with Gasteiger partial charge in [0.1, 0.15) is 0 Å². The average Bonchev–Trinajstić information content (AvgIpc) is 2.14. The molecular formula is C10H9O4S-. The summed E-state index contributed by atoms with van der Waals surface area (Å²) >= 11 is 0. The number of rotatable bonds is 3. The number of sulfone groups is 1. The molecule has 1 rings (SSSR count). The van der Waals surface area contributed by atoms with E-state index in [1.165, 1.54) is 30.3 Å². The molecule has 0 amide bonds. The van der Waals surface area contributed by atoms with Gasteiger partial charge in [-0.25, -0.2) is 8.42 Å². The number of hydrogen-bond acceptors (Lipinski definition) is 4. The molecule has 5 heteroatoms. The van der Waals surface area contributed by atoms with Crippen molar-refractivity contribution in [2.75, 3.05) is 6.26 Å². The zero-order valence-electron chi connectivity index (χ0n) is 8.01. The van der Waals surface area contributed by atoms with Gasteiger partial charge in [0.15, 0.2) is 9.84 Å². The number of carboxylic acids is 1. The van der Waals surface area contributed by atoms with E-state index in [0.717, 1.165) is 12.3 Å².